The van der Waals surface area contributed by atoms with Crippen LogP contribution in [0.15, 0.2) is 72.8 Å². The van der Waals surface area contributed by atoms with Crippen molar-refractivity contribution in [3.05, 3.63) is 101 Å². The number of anilines is 1. The minimum Gasteiger partial charge on any atom is -0.305 e. The molecule has 0 atom stereocenters. The second-order valence-electron chi connectivity index (χ2n) is 8.07. The van der Waals surface area contributed by atoms with Crippen LogP contribution < -0.4 is 4.90 Å². The number of para-hydroxylation sites is 1. The molecule has 3 aromatic carbocycles. The van der Waals surface area contributed by atoms with Gasteiger partial charge in [0.1, 0.15) is 22.9 Å². The van der Waals surface area contributed by atoms with E-state index in [1.54, 1.807) is 13.8 Å². The van der Waals surface area contributed by atoms with E-state index in [0.29, 0.717) is 11.3 Å². The summed E-state index contributed by atoms with van der Waals surface area (Å²) in [6.45, 7) is 3.32. The lowest BCUT2D eigenvalue weighted by molar-refractivity contribution is -0.123. The number of carbonyl (C=O) groups is 2. The SMILES string of the molecule is CC1(C)C(=O)N(c2c(F)cccc2F)C(=O)N1Cc1ccccc1Cc1ccccc1. The molecule has 1 aliphatic heterocycles. The third kappa shape index (κ3) is 3.69. The summed E-state index contributed by atoms with van der Waals surface area (Å²) in [6, 6.07) is 20.1. The van der Waals surface area contributed by atoms with E-state index in [0.717, 1.165) is 28.8 Å². The highest BCUT2D eigenvalue weighted by Gasteiger charge is 2.53. The van der Waals surface area contributed by atoms with Gasteiger partial charge in [0.05, 0.1) is 0 Å². The Labute approximate surface area is 179 Å². The number of hydrogen-bond acceptors (Lipinski definition) is 2. The zero-order valence-electron chi connectivity index (χ0n) is 17.3. The zero-order chi connectivity index (χ0) is 22.2. The van der Waals surface area contributed by atoms with Crippen molar-refractivity contribution < 1.29 is 18.4 Å². The summed E-state index contributed by atoms with van der Waals surface area (Å²) in [5, 5.41) is 0. The van der Waals surface area contributed by atoms with Gasteiger partial charge >= 0.3 is 6.03 Å². The first-order valence-corrected chi connectivity index (χ1v) is 10.0. The molecule has 4 nitrogen and oxygen atoms in total. The largest absolute Gasteiger partial charge is 0.332 e. The molecule has 1 fully saturated rings. The zero-order valence-corrected chi connectivity index (χ0v) is 17.3. The van der Waals surface area contributed by atoms with Gasteiger partial charge in [-0.1, -0.05) is 60.7 Å². The third-order valence-electron chi connectivity index (χ3n) is 5.67. The fourth-order valence-electron chi connectivity index (χ4n) is 3.87. The van der Waals surface area contributed by atoms with Crippen LogP contribution in [0.3, 0.4) is 0 Å². The number of nitrogens with zero attached hydrogens (tertiary/aromatic N) is 2. The second-order valence-corrected chi connectivity index (χ2v) is 8.07. The predicted octanol–water partition coefficient (Wildman–Crippen LogP) is 5.30. The predicted molar refractivity (Wildman–Crippen MR) is 115 cm³/mol. The number of benzene rings is 3. The minimum absolute atomic E-state index is 0.146. The van der Waals surface area contributed by atoms with E-state index in [4.69, 9.17) is 0 Å². The lowest BCUT2D eigenvalue weighted by Gasteiger charge is -2.28. The van der Waals surface area contributed by atoms with Gasteiger partial charge < -0.3 is 4.90 Å². The van der Waals surface area contributed by atoms with Gasteiger partial charge in [0.15, 0.2) is 0 Å². The van der Waals surface area contributed by atoms with Gasteiger partial charge in [-0.2, -0.15) is 0 Å². The van der Waals surface area contributed by atoms with Crippen LogP contribution in [0.2, 0.25) is 0 Å². The highest BCUT2D eigenvalue weighted by molar-refractivity contribution is 6.23. The van der Waals surface area contributed by atoms with E-state index in [2.05, 4.69) is 0 Å². The molecule has 4 rings (SSSR count). The summed E-state index contributed by atoms with van der Waals surface area (Å²) in [4.78, 5) is 28.2. The highest BCUT2D eigenvalue weighted by atomic mass is 19.1. The number of halogens is 2. The van der Waals surface area contributed by atoms with Crippen LogP contribution in [0.5, 0.6) is 0 Å². The molecule has 0 radical (unpaired) electrons. The molecule has 0 spiro atoms. The van der Waals surface area contributed by atoms with Crippen molar-refractivity contribution >= 4 is 17.6 Å². The maximum Gasteiger partial charge on any atom is 0.332 e. The van der Waals surface area contributed by atoms with E-state index >= 15 is 0 Å². The molecule has 0 unspecified atom stereocenters. The average Bonchev–Trinajstić information content (AvgIpc) is 2.90. The standard InChI is InChI=1S/C25H22F2N2O2/c1-25(2)23(30)29(22-20(26)13-8-14-21(22)27)24(31)28(25)16-19-12-7-6-11-18(19)15-17-9-4-3-5-10-17/h3-14H,15-16H2,1-2H3. The van der Waals surface area contributed by atoms with Crippen molar-refractivity contribution in [2.75, 3.05) is 4.90 Å². The summed E-state index contributed by atoms with van der Waals surface area (Å²) in [7, 11) is 0. The molecule has 0 saturated carbocycles. The van der Waals surface area contributed by atoms with Crippen molar-refractivity contribution in [3.63, 3.8) is 0 Å². The van der Waals surface area contributed by atoms with Crippen molar-refractivity contribution in [2.24, 2.45) is 0 Å². The topological polar surface area (TPSA) is 40.6 Å². The lowest BCUT2D eigenvalue weighted by atomic mass is 9.97. The molecular weight excluding hydrogens is 398 g/mol. The fraction of sp³-hybridized carbons (Fsp3) is 0.200. The van der Waals surface area contributed by atoms with E-state index in [9.17, 15) is 18.4 Å². The number of amides is 3. The van der Waals surface area contributed by atoms with Crippen LogP contribution in [0, 0.1) is 11.6 Å². The Morgan fingerprint density at radius 3 is 2.00 bits per heavy atom. The first-order chi connectivity index (χ1) is 14.8. The molecule has 0 aliphatic carbocycles. The van der Waals surface area contributed by atoms with E-state index in [-0.39, 0.29) is 6.54 Å². The Morgan fingerprint density at radius 1 is 0.774 bits per heavy atom. The summed E-state index contributed by atoms with van der Waals surface area (Å²) < 4.78 is 28.7. The Kier molecular flexibility index (Phi) is 5.31. The van der Waals surface area contributed by atoms with Gasteiger partial charge in [-0.05, 0) is 49.1 Å². The van der Waals surface area contributed by atoms with Gasteiger partial charge in [-0.25, -0.2) is 18.5 Å². The summed E-state index contributed by atoms with van der Waals surface area (Å²) in [5.41, 5.74) is 1.11. The number of urea groups is 1. The Hall–Kier alpha value is -3.54. The average molecular weight is 420 g/mol. The molecule has 0 N–H and O–H groups in total. The molecular formula is C25H22F2N2O2. The van der Waals surface area contributed by atoms with Crippen LogP contribution in [0.25, 0.3) is 0 Å². The molecule has 0 bridgehead atoms. The van der Waals surface area contributed by atoms with E-state index in [1.165, 1.54) is 11.0 Å². The van der Waals surface area contributed by atoms with Crippen molar-refractivity contribution in [1.29, 1.82) is 0 Å². The molecule has 1 heterocycles. The van der Waals surface area contributed by atoms with Crippen LogP contribution >= 0.6 is 0 Å². The third-order valence-corrected chi connectivity index (χ3v) is 5.67. The Balaban J connectivity index is 1.68. The van der Waals surface area contributed by atoms with Gasteiger partial charge in [-0.15, -0.1) is 0 Å². The number of imide groups is 1. The van der Waals surface area contributed by atoms with Crippen molar-refractivity contribution in [1.82, 2.24) is 4.90 Å². The summed E-state index contributed by atoms with van der Waals surface area (Å²) in [5.74, 6) is -2.57. The smallest absolute Gasteiger partial charge is 0.305 e. The molecule has 158 valence electrons. The van der Waals surface area contributed by atoms with Crippen LogP contribution in [-0.2, 0) is 17.8 Å². The second kappa shape index (κ2) is 7.95. The van der Waals surface area contributed by atoms with Gasteiger partial charge in [0.25, 0.3) is 5.91 Å². The molecule has 0 aromatic heterocycles. The summed E-state index contributed by atoms with van der Waals surface area (Å²) in [6.07, 6.45) is 0.666. The molecule has 31 heavy (non-hydrogen) atoms. The minimum atomic E-state index is -1.26. The molecule has 6 heteroatoms. The van der Waals surface area contributed by atoms with Crippen LogP contribution in [0.1, 0.15) is 30.5 Å². The summed E-state index contributed by atoms with van der Waals surface area (Å²) >= 11 is 0. The van der Waals surface area contributed by atoms with Gasteiger partial charge in [0, 0.05) is 6.54 Å². The molecule has 1 saturated heterocycles. The Bertz CT molecular complexity index is 1130. The molecule has 1 aliphatic rings. The van der Waals surface area contributed by atoms with Crippen LogP contribution in [0.4, 0.5) is 19.3 Å². The van der Waals surface area contributed by atoms with Crippen LogP contribution in [-0.4, -0.2) is 22.4 Å². The van der Waals surface area contributed by atoms with Gasteiger partial charge in [0.2, 0.25) is 0 Å². The number of rotatable bonds is 5. The fourth-order valence-corrected chi connectivity index (χ4v) is 3.87. The Morgan fingerprint density at radius 2 is 1.35 bits per heavy atom. The lowest BCUT2D eigenvalue weighted by Crippen LogP contribution is -2.43. The van der Waals surface area contributed by atoms with E-state index < -0.39 is 34.8 Å². The normalized spacial score (nSPS) is 15.6. The first-order valence-electron chi connectivity index (χ1n) is 10.0. The molecule has 3 amide bonds. The van der Waals surface area contributed by atoms with E-state index in [1.807, 2.05) is 54.6 Å². The number of carbonyl (C=O) groups excluding carboxylic acids is 2. The maximum atomic E-state index is 14.4. The quantitative estimate of drug-likeness (QED) is 0.526. The number of hydrogen-bond donors (Lipinski definition) is 0. The van der Waals surface area contributed by atoms with Crippen molar-refractivity contribution in [2.45, 2.75) is 32.4 Å². The maximum absolute atomic E-state index is 14.4. The monoisotopic (exact) mass is 420 g/mol. The van der Waals surface area contributed by atoms with Gasteiger partial charge in [-0.3, -0.25) is 4.79 Å². The highest BCUT2D eigenvalue weighted by Crippen LogP contribution is 2.36. The molecule has 3 aromatic rings. The first kappa shape index (κ1) is 20.7. The van der Waals surface area contributed by atoms with Crippen molar-refractivity contribution in [3.8, 4) is 0 Å².